The highest BCUT2D eigenvalue weighted by atomic mass is 32.1. The first-order valence-corrected chi connectivity index (χ1v) is 7.49. The highest BCUT2D eigenvalue weighted by molar-refractivity contribution is 7.13. The van der Waals surface area contributed by atoms with Crippen LogP contribution in [0.3, 0.4) is 0 Å². The highest BCUT2D eigenvalue weighted by Crippen LogP contribution is 2.47. The lowest BCUT2D eigenvalue weighted by Crippen LogP contribution is -2.46. The van der Waals surface area contributed by atoms with Crippen LogP contribution in [0.1, 0.15) is 24.8 Å². The van der Waals surface area contributed by atoms with E-state index in [0.29, 0.717) is 5.13 Å². The van der Waals surface area contributed by atoms with Crippen molar-refractivity contribution in [2.45, 2.75) is 24.7 Å². The predicted octanol–water partition coefficient (Wildman–Crippen LogP) is 3.21. The lowest BCUT2D eigenvalue weighted by molar-refractivity contribution is -0.124. The first kappa shape index (κ1) is 13.1. The van der Waals surface area contributed by atoms with Crippen LogP contribution in [-0.2, 0) is 10.2 Å². The van der Waals surface area contributed by atoms with E-state index in [-0.39, 0.29) is 5.91 Å². The lowest BCUT2D eigenvalue weighted by atomic mass is 9.63. The molecule has 2 aromatic rings. The molecule has 1 aromatic carbocycles. The van der Waals surface area contributed by atoms with E-state index in [2.05, 4.69) is 10.3 Å². The van der Waals surface area contributed by atoms with Gasteiger partial charge in [-0.3, -0.25) is 4.79 Å². The number of carbonyl (C=O) groups is 1. The molecular formula is C15H16N2O2S. The van der Waals surface area contributed by atoms with Gasteiger partial charge in [-0.05, 0) is 18.9 Å². The fourth-order valence-corrected chi connectivity index (χ4v) is 3.21. The Hall–Kier alpha value is -1.88. The molecule has 0 radical (unpaired) electrons. The number of aromatic nitrogens is 1. The monoisotopic (exact) mass is 288 g/mol. The van der Waals surface area contributed by atoms with Crippen molar-refractivity contribution in [3.8, 4) is 5.75 Å². The Balaban J connectivity index is 1.92. The van der Waals surface area contributed by atoms with Crippen LogP contribution in [0, 0.1) is 0 Å². The number of ether oxygens (including phenoxy) is 1. The number of nitrogens with zero attached hydrogens (tertiary/aromatic N) is 1. The molecule has 1 N–H and O–H groups in total. The van der Waals surface area contributed by atoms with Crippen molar-refractivity contribution in [3.63, 3.8) is 0 Å². The summed E-state index contributed by atoms with van der Waals surface area (Å²) >= 11 is 1.43. The van der Waals surface area contributed by atoms with Crippen LogP contribution in [0.15, 0.2) is 35.8 Å². The maximum atomic E-state index is 12.7. The largest absolute Gasteiger partial charge is 0.496 e. The van der Waals surface area contributed by atoms with Crippen molar-refractivity contribution < 1.29 is 9.53 Å². The van der Waals surface area contributed by atoms with E-state index >= 15 is 0 Å². The molecule has 1 saturated carbocycles. The normalized spacial score (nSPS) is 16.2. The van der Waals surface area contributed by atoms with E-state index in [0.717, 1.165) is 30.6 Å². The number of para-hydroxylation sites is 1. The van der Waals surface area contributed by atoms with Gasteiger partial charge in [0, 0.05) is 17.1 Å². The molecule has 4 nitrogen and oxygen atoms in total. The molecule has 0 atom stereocenters. The van der Waals surface area contributed by atoms with Crippen LogP contribution >= 0.6 is 11.3 Å². The van der Waals surface area contributed by atoms with Crippen LogP contribution in [0.4, 0.5) is 5.13 Å². The maximum Gasteiger partial charge on any atom is 0.236 e. The van der Waals surface area contributed by atoms with Gasteiger partial charge in [0.1, 0.15) is 5.75 Å². The van der Waals surface area contributed by atoms with Crippen LogP contribution in [0.5, 0.6) is 5.75 Å². The van der Waals surface area contributed by atoms with Crippen molar-refractivity contribution in [2.24, 2.45) is 0 Å². The van der Waals surface area contributed by atoms with Crippen molar-refractivity contribution in [2.75, 3.05) is 12.4 Å². The van der Waals surface area contributed by atoms with Gasteiger partial charge >= 0.3 is 0 Å². The number of carbonyl (C=O) groups excluding carboxylic acids is 1. The van der Waals surface area contributed by atoms with Gasteiger partial charge in [0.05, 0.1) is 12.5 Å². The molecule has 1 heterocycles. The molecule has 1 amide bonds. The molecule has 0 unspecified atom stereocenters. The zero-order valence-electron chi connectivity index (χ0n) is 11.3. The summed E-state index contributed by atoms with van der Waals surface area (Å²) in [5.74, 6) is 0.796. The van der Waals surface area contributed by atoms with Gasteiger partial charge in [-0.15, -0.1) is 11.3 Å². The first-order chi connectivity index (χ1) is 9.76. The molecule has 104 valence electrons. The molecule has 0 bridgehead atoms. The lowest BCUT2D eigenvalue weighted by Gasteiger charge is -2.41. The zero-order valence-corrected chi connectivity index (χ0v) is 12.1. The van der Waals surface area contributed by atoms with Crippen molar-refractivity contribution in [1.82, 2.24) is 4.98 Å². The Morgan fingerprint density at radius 1 is 1.40 bits per heavy atom. The number of methoxy groups -OCH3 is 1. The Kier molecular flexibility index (Phi) is 3.44. The van der Waals surface area contributed by atoms with Crippen molar-refractivity contribution in [3.05, 3.63) is 41.4 Å². The third-order valence-corrected chi connectivity index (χ3v) is 4.61. The Bertz CT molecular complexity index is 606. The van der Waals surface area contributed by atoms with Crippen LogP contribution < -0.4 is 10.1 Å². The number of amides is 1. The number of hydrogen-bond donors (Lipinski definition) is 1. The summed E-state index contributed by atoms with van der Waals surface area (Å²) in [4.78, 5) is 16.8. The van der Waals surface area contributed by atoms with E-state index in [9.17, 15) is 4.79 Å². The molecular weight excluding hydrogens is 272 g/mol. The minimum atomic E-state index is -0.474. The fraction of sp³-hybridized carbons (Fsp3) is 0.333. The highest BCUT2D eigenvalue weighted by Gasteiger charge is 2.47. The molecule has 5 heteroatoms. The van der Waals surface area contributed by atoms with E-state index < -0.39 is 5.41 Å². The molecule has 3 rings (SSSR count). The van der Waals surface area contributed by atoms with Gasteiger partial charge in [0.25, 0.3) is 0 Å². The number of hydrogen-bond acceptors (Lipinski definition) is 4. The minimum Gasteiger partial charge on any atom is -0.496 e. The Labute approximate surface area is 121 Å². The average Bonchev–Trinajstić information content (AvgIpc) is 2.91. The molecule has 0 spiro atoms. The first-order valence-electron chi connectivity index (χ1n) is 6.61. The third kappa shape index (κ3) is 2.08. The van der Waals surface area contributed by atoms with Gasteiger partial charge in [-0.2, -0.15) is 0 Å². The number of anilines is 1. The summed E-state index contributed by atoms with van der Waals surface area (Å²) in [6, 6.07) is 7.77. The van der Waals surface area contributed by atoms with Gasteiger partial charge in [-0.25, -0.2) is 4.98 Å². The van der Waals surface area contributed by atoms with Gasteiger partial charge in [0.15, 0.2) is 5.13 Å². The smallest absolute Gasteiger partial charge is 0.236 e. The molecule has 1 fully saturated rings. The van der Waals surface area contributed by atoms with E-state index in [4.69, 9.17) is 4.74 Å². The van der Waals surface area contributed by atoms with Crippen LogP contribution in [0.2, 0.25) is 0 Å². The molecule has 20 heavy (non-hydrogen) atoms. The summed E-state index contributed by atoms with van der Waals surface area (Å²) in [6.07, 6.45) is 4.45. The summed E-state index contributed by atoms with van der Waals surface area (Å²) in [6.45, 7) is 0. The number of rotatable bonds is 4. The Morgan fingerprint density at radius 2 is 2.20 bits per heavy atom. The summed E-state index contributed by atoms with van der Waals surface area (Å²) in [7, 11) is 1.64. The Morgan fingerprint density at radius 3 is 2.80 bits per heavy atom. The van der Waals surface area contributed by atoms with Gasteiger partial charge < -0.3 is 10.1 Å². The number of nitrogens with one attached hydrogen (secondary N) is 1. The van der Waals surface area contributed by atoms with Gasteiger partial charge in [0.2, 0.25) is 5.91 Å². The van der Waals surface area contributed by atoms with E-state index in [1.807, 2.05) is 29.6 Å². The second-order valence-electron chi connectivity index (χ2n) is 4.93. The zero-order chi connectivity index (χ0) is 14.0. The van der Waals surface area contributed by atoms with E-state index in [1.54, 1.807) is 13.3 Å². The van der Waals surface area contributed by atoms with E-state index in [1.165, 1.54) is 11.3 Å². The van der Waals surface area contributed by atoms with Crippen molar-refractivity contribution in [1.29, 1.82) is 0 Å². The van der Waals surface area contributed by atoms with Crippen LogP contribution in [-0.4, -0.2) is 18.0 Å². The second kappa shape index (κ2) is 5.25. The van der Waals surface area contributed by atoms with Crippen LogP contribution in [0.25, 0.3) is 0 Å². The average molecular weight is 288 g/mol. The SMILES string of the molecule is COc1ccccc1C1(C(=O)Nc2nccs2)CCC1. The molecule has 1 aliphatic rings. The van der Waals surface area contributed by atoms with Crippen molar-refractivity contribution >= 4 is 22.4 Å². The predicted molar refractivity (Wildman–Crippen MR) is 79.3 cm³/mol. The minimum absolute atomic E-state index is 0.0169. The quantitative estimate of drug-likeness (QED) is 0.940. The molecule has 1 aliphatic carbocycles. The maximum absolute atomic E-state index is 12.7. The summed E-state index contributed by atoms with van der Waals surface area (Å²) in [5.41, 5.74) is 0.501. The summed E-state index contributed by atoms with van der Waals surface area (Å²) in [5, 5.41) is 5.43. The number of benzene rings is 1. The number of thiazole rings is 1. The summed E-state index contributed by atoms with van der Waals surface area (Å²) < 4.78 is 5.42. The third-order valence-electron chi connectivity index (χ3n) is 3.92. The van der Waals surface area contributed by atoms with Gasteiger partial charge in [-0.1, -0.05) is 24.6 Å². The topological polar surface area (TPSA) is 51.2 Å². The fourth-order valence-electron chi connectivity index (χ4n) is 2.69. The molecule has 0 saturated heterocycles. The molecule has 1 aromatic heterocycles. The molecule has 0 aliphatic heterocycles. The standard InChI is InChI=1S/C15H16N2O2S/c1-19-12-6-3-2-5-11(12)15(7-4-8-15)13(18)17-14-16-9-10-20-14/h2-3,5-6,9-10H,4,7-8H2,1H3,(H,16,17,18). The second-order valence-corrected chi connectivity index (χ2v) is 5.82.